The number of ether oxygens (including phenoxy) is 3. The highest BCUT2D eigenvalue weighted by molar-refractivity contribution is 7.10. The van der Waals surface area contributed by atoms with E-state index in [1.807, 2.05) is 18.2 Å². The zero-order valence-electron chi connectivity index (χ0n) is 12.8. The summed E-state index contributed by atoms with van der Waals surface area (Å²) in [5.74, 6) is 2.23. The lowest BCUT2D eigenvalue weighted by atomic mass is 10.0. The monoisotopic (exact) mass is 307 g/mol. The molecule has 2 aromatic rings. The maximum Gasteiger partial charge on any atom is 0.131 e. The Kier molecular flexibility index (Phi) is 5.47. The molecule has 0 amide bonds. The molecule has 2 rings (SSSR count). The Labute approximate surface area is 129 Å². The van der Waals surface area contributed by atoms with Crippen LogP contribution in [0.25, 0.3) is 0 Å². The van der Waals surface area contributed by atoms with Gasteiger partial charge in [0.1, 0.15) is 17.2 Å². The van der Waals surface area contributed by atoms with E-state index in [2.05, 4.69) is 23.7 Å². The van der Waals surface area contributed by atoms with Crippen LogP contribution in [0, 0.1) is 0 Å². The number of hydrogen-bond acceptors (Lipinski definition) is 5. The highest BCUT2D eigenvalue weighted by atomic mass is 32.1. The molecule has 1 unspecified atom stereocenters. The first kappa shape index (κ1) is 15.7. The van der Waals surface area contributed by atoms with Crippen molar-refractivity contribution in [1.29, 1.82) is 0 Å². The molecule has 0 bridgehead atoms. The largest absolute Gasteiger partial charge is 0.496 e. The quantitative estimate of drug-likeness (QED) is 0.850. The Balaban J connectivity index is 2.57. The molecule has 1 N–H and O–H groups in total. The van der Waals surface area contributed by atoms with Crippen LogP contribution in [0.2, 0.25) is 0 Å². The Hall–Kier alpha value is -1.72. The third kappa shape index (κ3) is 3.31. The summed E-state index contributed by atoms with van der Waals surface area (Å²) in [6, 6.07) is 7.96. The van der Waals surface area contributed by atoms with E-state index in [4.69, 9.17) is 14.2 Å². The molecule has 0 aliphatic heterocycles. The summed E-state index contributed by atoms with van der Waals surface area (Å²) in [4.78, 5) is 1.22. The summed E-state index contributed by atoms with van der Waals surface area (Å²) in [5, 5.41) is 5.57. The Morgan fingerprint density at radius 3 is 2.19 bits per heavy atom. The second kappa shape index (κ2) is 7.33. The van der Waals surface area contributed by atoms with Crippen molar-refractivity contribution in [3.8, 4) is 17.2 Å². The summed E-state index contributed by atoms with van der Waals surface area (Å²) in [6.07, 6.45) is 0. The summed E-state index contributed by atoms with van der Waals surface area (Å²) in [5.41, 5.74) is 0.991. The van der Waals surface area contributed by atoms with Gasteiger partial charge in [-0.15, -0.1) is 11.3 Å². The first-order valence-electron chi connectivity index (χ1n) is 6.81. The van der Waals surface area contributed by atoms with Gasteiger partial charge in [0.2, 0.25) is 0 Å². The van der Waals surface area contributed by atoms with Gasteiger partial charge in [-0.3, -0.25) is 0 Å². The van der Waals surface area contributed by atoms with Gasteiger partial charge in [-0.1, -0.05) is 13.0 Å². The molecule has 1 atom stereocenters. The normalized spacial score (nSPS) is 12.0. The molecule has 0 radical (unpaired) electrons. The van der Waals surface area contributed by atoms with Gasteiger partial charge < -0.3 is 19.5 Å². The van der Waals surface area contributed by atoms with Gasteiger partial charge in [0.25, 0.3) is 0 Å². The van der Waals surface area contributed by atoms with Crippen molar-refractivity contribution < 1.29 is 14.2 Å². The summed E-state index contributed by atoms with van der Waals surface area (Å²) in [6.45, 7) is 2.93. The van der Waals surface area contributed by atoms with E-state index in [1.165, 1.54) is 4.88 Å². The second-order valence-corrected chi connectivity index (χ2v) is 5.43. The summed E-state index contributed by atoms with van der Waals surface area (Å²) < 4.78 is 16.4. The lowest BCUT2D eigenvalue weighted by Gasteiger charge is -2.23. The van der Waals surface area contributed by atoms with E-state index in [1.54, 1.807) is 32.7 Å². The smallest absolute Gasteiger partial charge is 0.131 e. The van der Waals surface area contributed by atoms with Crippen LogP contribution in [0.3, 0.4) is 0 Å². The van der Waals surface area contributed by atoms with E-state index in [-0.39, 0.29) is 6.04 Å². The maximum absolute atomic E-state index is 5.56. The number of nitrogens with one attached hydrogen (secondary N) is 1. The fraction of sp³-hybridized carbons (Fsp3) is 0.375. The molecule has 1 aromatic carbocycles. The van der Waals surface area contributed by atoms with Crippen molar-refractivity contribution in [3.05, 3.63) is 40.1 Å². The van der Waals surface area contributed by atoms with Gasteiger partial charge in [-0.05, 0) is 18.0 Å². The highest BCUT2D eigenvalue weighted by Gasteiger charge is 2.24. The van der Waals surface area contributed by atoms with Crippen molar-refractivity contribution in [3.63, 3.8) is 0 Å². The van der Waals surface area contributed by atoms with Gasteiger partial charge in [0.15, 0.2) is 0 Å². The van der Waals surface area contributed by atoms with Crippen LogP contribution in [-0.4, -0.2) is 27.9 Å². The van der Waals surface area contributed by atoms with E-state index >= 15 is 0 Å². The minimum atomic E-state index is 0.0332. The van der Waals surface area contributed by atoms with E-state index in [0.717, 1.165) is 23.6 Å². The number of hydrogen-bond donors (Lipinski definition) is 1. The van der Waals surface area contributed by atoms with Crippen molar-refractivity contribution in [2.75, 3.05) is 27.9 Å². The van der Waals surface area contributed by atoms with Gasteiger partial charge in [0.05, 0.1) is 32.9 Å². The lowest BCUT2D eigenvalue weighted by molar-refractivity contribution is 0.363. The first-order chi connectivity index (χ1) is 10.2. The van der Waals surface area contributed by atoms with Gasteiger partial charge in [-0.2, -0.15) is 0 Å². The number of thiophene rings is 1. The molecule has 0 saturated heterocycles. The average Bonchev–Trinajstić information content (AvgIpc) is 3.05. The fourth-order valence-corrected chi connectivity index (χ4v) is 3.13. The van der Waals surface area contributed by atoms with Crippen LogP contribution in [0.4, 0.5) is 0 Å². The average molecular weight is 307 g/mol. The molecule has 114 valence electrons. The number of methoxy groups -OCH3 is 3. The SMILES string of the molecule is CCNC(c1cccs1)c1c(OC)cc(OC)cc1OC. The molecule has 0 aliphatic rings. The van der Waals surface area contributed by atoms with E-state index in [9.17, 15) is 0 Å². The standard InChI is InChI=1S/C16H21NO3S/c1-5-17-16(14-7-6-8-21-14)15-12(19-3)9-11(18-2)10-13(15)20-4/h6-10,16-17H,5H2,1-4H3. The third-order valence-corrected chi connectivity index (χ3v) is 4.21. The van der Waals surface area contributed by atoms with Gasteiger partial charge >= 0.3 is 0 Å². The number of benzene rings is 1. The van der Waals surface area contributed by atoms with Crippen LogP contribution in [-0.2, 0) is 0 Å². The molecule has 5 heteroatoms. The summed E-state index contributed by atoms with van der Waals surface area (Å²) in [7, 11) is 4.96. The molecule has 0 spiro atoms. The minimum absolute atomic E-state index is 0.0332. The van der Waals surface area contributed by atoms with Crippen molar-refractivity contribution >= 4 is 11.3 Å². The zero-order valence-corrected chi connectivity index (χ0v) is 13.6. The molecule has 1 aromatic heterocycles. The molecule has 21 heavy (non-hydrogen) atoms. The van der Waals surface area contributed by atoms with Crippen LogP contribution in [0.1, 0.15) is 23.4 Å². The van der Waals surface area contributed by atoms with E-state index < -0.39 is 0 Å². The molecule has 1 heterocycles. The molecule has 4 nitrogen and oxygen atoms in total. The van der Waals surface area contributed by atoms with Gasteiger partial charge in [0, 0.05) is 17.0 Å². The Morgan fingerprint density at radius 1 is 1.10 bits per heavy atom. The first-order valence-corrected chi connectivity index (χ1v) is 7.69. The molecule has 0 saturated carbocycles. The second-order valence-electron chi connectivity index (χ2n) is 4.45. The van der Waals surface area contributed by atoms with Crippen LogP contribution >= 0.6 is 11.3 Å². The molecule has 0 fully saturated rings. The predicted octanol–water partition coefficient (Wildman–Crippen LogP) is 3.47. The van der Waals surface area contributed by atoms with Crippen LogP contribution in [0.5, 0.6) is 17.2 Å². The van der Waals surface area contributed by atoms with Crippen molar-refractivity contribution in [2.45, 2.75) is 13.0 Å². The van der Waals surface area contributed by atoms with Crippen LogP contribution in [0.15, 0.2) is 29.6 Å². The lowest BCUT2D eigenvalue weighted by Crippen LogP contribution is -2.22. The third-order valence-electron chi connectivity index (χ3n) is 3.28. The van der Waals surface area contributed by atoms with E-state index in [0.29, 0.717) is 5.75 Å². The topological polar surface area (TPSA) is 39.7 Å². The van der Waals surface area contributed by atoms with Gasteiger partial charge in [-0.25, -0.2) is 0 Å². The molecular weight excluding hydrogens is 286 g/mol. The van der Waals surface area contributed by atoms with Crippen molar-refractivity contribution in [2.24, 2.45) is 0 Å². The van der Waals surface area contributed by atoms with Crippen molar-refractivity contribution in [1.82, 2.24) is 5.32 Å². The highest BCUT2D eigenvalue weighted by Crippen LogP contribution is 2.41. The van der Waals surface area contributed by atoms with Crippen LogP contribution < -0.4 is 19.5 Å². The Morgan fingerprint density at radius 2 is 1.76 bits per heavy atom. The zero-order chi connectivity index (χ0) is 15.2. The Bertz CT molecular complexity index is 544. The summed E-state index contributed by atoms with van der Waals surface area (Å²) >= 11 is 1.71. The molecular formula is C16H21NO3S. The molecule has 0 aliphatic carbocycles. The fourth-order valence-electron chi connectivity index (χ4n) is 2.32. The minimum Gasteiger partial charge on any atom is -0.496 e. The number of rotatable bonds is 7. The maximum atomic E-state index is 5.56. The predicted molar refractivity (Wildman–Crippen MR) is 85.9 cm³/mol.